The molecule has 0 aromatic heterocycles. The number of rotatable bonds is 2. The van der Waals surface area contributed by atoms with Gasteiger partial charge in [-0.3, -0.25) is 4.79 Å². The molecule has 0 radical (unpaired) electrons. The maximum absolute atomic E-state index is 10.8. The van der Waals surface area contributed by atoms with Gasteiger partial charge in [0.2, 0.25) is 0 Å². The van der Waals surface area contributed by atoms with Crippen molar-refractivity contribution in [2.24, 2.45) is 5.92 Å². The molecule has 0 unspecified atom stereocenters. The molecule has 0 saturated carbocycles. The van der Waals surface area contributed by atoms with Gasteiger partial charge in [0.1, 0.15) is 0 Å². The Bertz CT molecular complexity index is 138. The van der Waals surface area contributed by atoms with E-state index in [4.69, 9.17) is 23.2 Å². The zero-order valence-corrected chi connectivity index (χ0v) is 6.83. The molecule has 0 aliphatic heterocycles. The molecule has 0 aromatic carbocycles. The lowest BCUT2D eigenvalue weighted by molar-refractivity contribution is -0.117. The predicted molar refractivity (Wildman–Crippen MR) is 39.6 cm³/mol. The van der Waals surface area contributed by atoms with Crippen molar-refractivity contribution in [3.05, 3.63) is 10.6 Å². The van der Waals surface area contributed by atoms with Crippen molar-refractivity contribution in [1.82, 2.24) is 0 Å². The molecular formula is C6H8Cl2O. The largest absolute Gasteiger partial charge is 0.293 e. The molecule has 0 aliphatic rings. The maximum Gasteiger partial charge on any atom is 0.177 e. The Kier molecular flexibility index (Phi) is 3.91. The van der Waals surface area contributed by atoms with Crippen molar-refractivity contribution in [3.8, 4) is 0 Å². The van der Waals surface area contributed by atoms with Gasteiger partial charge < -0.3 is 0 Å². The van der Waals surface area contributed by atoms with Gasteiger partial charge in [0.05, 0.1) is 5.03 Å². The minimum Gasteiger partial charge on any atom is -0.293 e. The van der Waals surface area contributed by atoms with Gasteiger partial charge in [0.25, 0.3) is 0 Å². The molecule has 52 valence electrons. The quantitative estimate of drug-likeness (QED) is 0.577. The third-order valence-corrected chi connectivity index (χ3v) is 1.48. The fraction of sp³-hybridized carbons (Fsp3) is 0.500. The lowest BCUT2D eigenvalue weighted by Crippen LogP contribution is -2.05. The zero-order chi connectivity index (χ0) is 7.44. The summed E-state index contributed by atoms with van der Waals surface area (Å²) in [5.41, 5.74) is 1.09. The Balaban J connectivity index is 4.06. The SMILES string of the molecule is CC(C)C(=O)C(Cl)=CCl. The van der Waals surface area contributed by atoms with E-state index >= 15 is 0 Å². The summed E-state index contributed by atoms with van der Waals surface area (Å²) in [6, 6.07) is 0. The molecule has 0 rings (SSSR count). The van der Waals surface area contributed by atoms with Crippen LogP contribution in [0, 0.1) is 5.92 Å². The lowest BCUT2D eigenvalue weighted by atomic mass is 10.1. The molecule has 0 heterocycles. The monoisotopic (exact) mass is 166 g/mol. The van der Waals surface area contributed by atoms with Crippen LogP contribution < -0.4 is 0 Å². The van der Waals surface area contributed by atoms with Crippen LogP contribution in [-0.2, 0) is 4.79 Å². The van der Waals surface area contributed by atoms with Crippen LogP contribution in [-0.4, -0.2) is 5.78 Å². The van der Waals surface area contributed by atoms with E-state index in [1.165, 1.54) is 0 Å². The molecule has 0 bridgehead atoms. The summed E-state index contributed by atoms with van der Waals surface area (Å²) in [5, 5.41) is 0.103. The van der Waals surface area contributed by atoms with Crippen molar-refractivity contribution in [2.45, 2.75) is 13.8 Å². The third-order valence-electron chi connectivity index (χ3n) is 0.856. The second-order valence-electron chi connectivity index (χ2n) is 1.98. The highest BCUT2D eigenvalue weighted by atomic mass is 35.5. The van der Waals surface area contributed by atoms with Crippen molar-refractivity contribution >= 4 is 29.0 Å². The Labute approximate surface area is 64.6 Å². The number of hydrogen-bond acceptors (Lipinski definition) is 1. The van der Waals surface area contributed by atoms with Gasteiger partial charge in [-0.25, -0.2) is 0 Å². The highest BCUT2D eigenvalue weighted by Gasteiger charge is 2.09. The van der Waals surface area contributed by atoms with Gasteiger partial charge in [-0.15, -0.1) is 0 Å². The number of ketones is 1. The van der Waals surface area contributed by atoms with Crippen LogP contribution in [0.3, 0.4) is 0 Å². The highest BCUT2D eigenvalue weighted by molar-refractivity contribution is 6.46. The van der Waals surface area contributed by atoms with Crippen LogP contribution in [0.25, 0.3) is 0 Å². The second-order valence-corrected chi connectivity index (χ2v) is 2.60. The van der Waals surface area contributed by atoms with E-state index in [9.17, 15) is 4.79 Å². The Morgan fingerprint density at radius 1 is 1.56 bits per heavy atom. The molecule has 0 atom stereocenters. The van der Waals surface area contributed by atoms with Gasteiger partial charge in [-0.2, -0.15) is 0 Å². The van der Waals surface area contributed by atoms with Crippen molar-refractivity contribution < 1.29 is 4.79 Å². The molecule has 0 aliphatic carbocycles. The zero-order valence-electron chi connectivity index (χ0n) is 5.32. The van der Waals surface area contributed by atoms with Crippen LogP contribution in [0.4, 0.5) is 0 Å². The summed E-state index contributed by atoms with van der Waals surface area (Å²) < 4.78 is 0. The van der Waals surface area contributed by atoms with Crippen LogP contribution in [0.1, 0.15) is 13.8 Å². The van der Waals surface area contributed by atoms with E-state index in [1.807, 2.05) is 0 Å². The number of allylic oxidation sites excluding steroid dienone is 1. The second kappa shape index (κ2) is 3.91. The van der Waals surface area contributed by atoms with E-state index in [2.05, 4.69) is 0 Å². The first-order valence-electron chi connectivity index (χ1n) is 2.59. The fourth-order valence-electron chi connectivity index (χ4n) is 0.330. The van der Waals surface area contributed by atoms with E-state index in [1.54, 1.807) is 13.8 Å². The summed E-state index contributed by atoms with van der Waals surface area (Å²) in [6.45, 7) is 3.54. The molecule has 0 amide bonds. The number of carbonyl (C=O) groups is 1. The summed E-state index contributed by atoms with van der Waals surface area (Å²) in [4.78, 5) is 10.8. The minimum atomic E-state index is -0.119. The van der Waals surface area contributed by atoms with Gasteiger partial charge in [0, 0.05) is 11.5 Å². The van der Waals surface area contributed by atoms with Crippen LogP contribution in [0.2, 0.25) is 0 Å². The first-order chi connectivity index (χ1) is 4.09. The Hall–Kier alpha value is -0.0100. The molecule has 0 spiro atoms. The molecule has 0 aromatic rings. The average Bonchev–Trinajstić information content (AvgIpc) is 1.84. The van der Waals surface area contributed by atoms with E-state index in [0.29, 0.717) is 0 Å². The van der Waals surface area contributed by atoms with Crippen molar-refractivity contribution in [1.29, 1.82) is 0 Å². The predicted octanol–water partition coefficient (Wildman–Crippen LogP) is 2.53. The van der Waals surface area contributed by atoms with Crippen LogP contribution in [0.15, 0.2) is 10.6 Å². The fourth-order valence-corrected chi connectivity index (χ4v) is 0.655. The molecule has 3 heteroatoms. The van der Waals surface area contributed by atoms with Gasteiger partial charge >= 0.3 is 0 Å². The number of hydrogen-bond donors (Lipinski definition) is 0. The van der Waals surface area contributed by atoms with Gasteiger partial charge in [-0.05, 0) is 0 Å². The highest BCUT2D eigenvalue weighted by Crippen LogP contribution is 2.10. The molecular weight excluding hydrogens is 159 g/mol. The van der Waals surface area contributed by atoms with E-state index in [0.717, 1.165) is 5.54 Å². The minimum absolute atomic E-state index is 0.0764. The topological polar surface area (TPSA) is 17.1 Å². The molecule has 0 saturated heterocycles. The number of Topliss-reactive ketones (excluding diaryl/α,β-unsaturated/α-hetero) is 1. The Morgan fingerprint density at radius 2 is 2.00 bits per heavy atom. The summed E-state index contributed by atoms with van der Waals surface area (Å²) >= 11 is 10.6. The standard InChI is InChI=1S/C6H8Cl2O/c1-4(2)6(9)5(8)3-7/h3-4H,1-2H3. The van der Waals surface area contributed by atoms with E-state index in [-0.39, 0.29) is 16.7 Å². The van der Waals surface area contributed by atoms with E-state index < -0.39 is 0 Å². The molecule has 0 fully saturated rings. The van der Waals surface area contributed by atoms with Crippen LogP contribution >= 0.6 is 23.2 Å². The number of carbonyl (C=O) groups excluding carboxylic acids is 1. The first kappa shape index (κ1) is 8.99. The average molecular weight is 167 g/mol. The van der Waals surface area contributed by atoms with Crippen molar-refractivity contribution in [3.63, 3.8) is 0 Å². The normalized spacial score (nSPS) is 12.3. The Morgan fingerprint density at radius 3 is 2.11 bits per heavy atom. The van der Waals surface area contributed by atoms with Crippen molar-refractivity contribution in [2.75, 3.05) is 0 Å². The third kappa shape index (κ3) is 2.87. The van der Waals surface area contributed by atoms with Gasteiger partial charge in [-0.1, -0.05) is 37.0 Å². The number of halogens is 2. The molecule has 0 N–H and O–H groups in total. The lowest BCUT2D eigenvalue weighted by Gasteiger charge is -1.98. The van der Waals surface area contributed by atoms with Crippen LogP contribution in [0.5, 0.6) is 0 Å². The molecule has 1 nitrogen and oxygen atoms in total. The summed E-state index contributed by atoms with van der Waals surface area (Å²) in [7, 11) is 0. The van der Waals surface area contributed by atoms with Gasteiger partial charge in [0.15, 0.2) is 5.78 Å². The molecule has 9 heavy (non-hydrogen) atoms. The summed E-state index contributed by atoms with van der Waals surface area (Å²) in [6.07, 6.45) is 0. The maximum atomic E-state index is 10.8. The first-order valence-corrected chi connectivity index (χ1v) is 3.41. The smallest absolute Gasteiger partial charge is 0.177 e. The summed E-state index contributed by atoms with van der Waals surface area (Å²) in [5.74, 6) is -0.195.